The first-order valence-electron chi connectivity index (χ1n) is 6.23. The lowest BCUT2D eigenvalue weighted by atomic mass is 10.1. The predicted octanol–water partition coefficient (Wildman–Crippen LogP) is 3.10. The third-order valence-corrected chi connectivity index (χ3v) is 3.00. The summed E-state index contributed by atoms with van der Waals surface area (Å²) < 4.78 is 1.45. The molecule has 106 valence electrons. The van der Waals surface area contributed by atoms with Crippen LogP contribution in [0, 0.1) is 11.3 Å². The Hall–Kier alpha value is -2.58. The van der Waals surface area contributed by atoms with Crippen molar-refractivity contribution in [3.05, 3.63) is 53.3 Å². The summed E-state index contributed by atoms with van der Waals surface area (Å²) in [5.74, 6) is -0.260. The second-order valence-corrected chi connectivity index (χ2v) is 4.85. The maximum atomic E-state index is 11.9. The topological polar surface area (TPSA) is 70.7 Å². The van der Waals surface area contributed by atoms with E-state index in [-0.39, 0.29) is 12.5 Å². The normalized spacial score (nSPS) is 11.0. The third kappa shape index (κ3) is 4.20. The average Bonchev–Trinajstić information content (AvgIpc) is 2.86. The van der Waals surface area contributed by atoms with Gasteiger partial charge in [0.25, 0.3) is 0 Å². The Morgan fingerprint density at radius 2 is 2.38 bits per heavy atom. The Morgan fingerprint density at radius 3 is 3.10 bits per heavy atom. The molecule has 5 nitrogen and oxygen atoms in total. The molecular formula is C15H13ClN4O. The van der Waals surface area contributed by atoms with Crippen LogP contribution < -0.4 is 5.32 Å². The van der Waals surface area contributed by atoms with E-state index in [0.717, 1.165) is 11.1 Å². The number of anilines is 1. The molecule has 2 aromatic rings. The van der Waals surface area contributed by atoms with E-state index in [9.17, 15) is 4.79 Å². The summed E-state index contributed by atoms with van der Waals surface area (Å²) in [7, 11) is 0. The molecule has 1 aromatic heterocycles. The molecule has 0 saturated carbocycles. The van der Waals surface area contributed by atoms with Gasteiger partial charge in [0.2, 0.25) is 5.91 Å². The summed E-state index contributed by atoms with van der Waals surface area (Å²) in [6, 6.07) is 9.27. The number of carbonyl (C=O) groups is 1. The van der Waals surface area contributed by atoms with Crippen molar-refractivity contribution in [2.45, 2.75) is 13.5 Å². The Kier molecular flexibility index (Phi) is 4.75. The minimum absolute atomic E-state index is 0.146. The van der Waals surface area contributed by atoms with Gasteiger partial charge in [-0.25, -0.2) is 0 Å². The summed E-state index contributed by atoms with van der Waals surface area (Å²) in [6.45, 7) is 1.98. The predicted molar refractivity (Wildman–Crippen MR) is 81.6 cm³/mol. The van der Waals surface area contributed by atoms with Crippen molar-refractivity contribution in [2.75, 3.05) is 5.32 Å². The van der Waals surface area contributed by atoms with E-state index in [1.54, 1.807) is 18.3 Å². The Balaban J connectivity index is 2.06. The first-order valence-corrected chi connectivity index (χ1v) is 6.61. The first-order chi connectivity index (χ1) is 10.1. The fourth-order valence-corrected chi connectivity index (χ4v) is 1.97. The highest BCUT2D eigenvalue weighted by Gasteiger charge is 2.04. The van der Waals surface area contributed by atoms with Crippen molar-refractivity contribution >= 4 is 28.8 Å². The zero-order valence-corrected chi connectivity index (χ0v) is 12.1. The minimum atomic E-state index is -0.260. The van der Waals surface area contributed by atoms with Crippen LogP contribution in [-0.4, -0.2) is 15.7 Å². The summed E-state index contributed by atoms with van der Waals surface area (Å²) in [4.78, 5) is 11.9. The van der Waals surface area contributed by atoms with E-state index in [1.165, 1.54) is 17.0 Å². The van der Waals surface area contributed by atoms with E-state index in [4.69, 9.17) is 16.9 Å². The molecule has 1 amide bonds. The number of aromatic nitrogens is 2. The zero-order chi connectivity index (χ0) is 15.2. The minimum Gasteiger partial charge on any atom is -0.320 e. The van der Waals surface area contributed by atoms with Crippen molar-refractivity contribution in [2.24, 2.45) is 0 Å². The zero-order valence-electron chi connectivity index (χ0n) is 11.4. The van der Waals surface area contributed by atoms with E-state index in [2.05, 4.69) is 10.4 Å². The van der Waals surface area contributed by atoms with Crippen LogP contribution in [0.15, 0.2) is 42.7 Å². The molecule has 0 aliphatic rings. The van der Waals surface area contributed by atoms with Crippen molar-refractivity contribution in [1.82, 2.24) is 9.78 Å². The Morgan fingerprint density at radius 1 is 1.57 bits per heavy atom. The highest BCUT2D eigenvalue weighted by atomic mass is 35.5. The lowest BCUT2D eigenvalue weighted by Crippen LogP contribution is -2.08. The maximum Gasteiger partial charge on any atom is 0.248 e. The van der Waals surface area contributed by atoms with Crippen LogP contribution in [0.2, 0.25) is 5.02 Å². The molecular weight excluding hydrogens is 288 g/mol. The van der Waals surface area contributed by atoms with Gasteiger partial charge in [-0.05, 0) is 30.2 Å². The molecule has 0 bridgehead atoms. The molecule has 1 N–H and O–H groups in total. The fourth-order valence-electron chi connectivity index (χ4n) is 1.78. The summed E-state index contributed by atoms with van der Waals surface area (Å²) in [5, 5.41) is 15.8. The molecule has 0 aliphatic heterocycles. The number of rotatable bonds is 4. The first kappa shape index (κ1) is 14.8. The molecule has 0 radical (unpaired) electrons. The fraction of sp³-hybridized carbons (Fsp3) is 0.133. The molecule has 0 spiro atoms. The van der Waals surface area contributed by atoms with E-state index in [1.807, 2.05) is 25.1 Å². The van der Waals surface area contributed by atoms with Crippen LogP contribution in [0.1, 0.15) is 12.5 Å². The smallest absolute Gasteiger partial charge is 0.248 e. The van der Waals surface area contributed by atoms with Crippen molar-refractivity contribution in [1.29, 1.82) is 5.26 Å². The molecule has 21 heavy (non-hydrogen) atoms. The van der Waals surface area contributed by atoms with Crippen LogP contribution >= 0.6 is 11.6 Å². The van der Waals surface area contributed by atoms with Crippen molar-refractivity contribution in [3.63, 3.8) is 0 Å². The number of amides is 1. The molecule has 2 rings (SSSR count). The number of carbonyl (C=O) groups excluding carboxylic acids is 1. The number of benzene rings is 1. The van der Waals surface area contributed by atoms with Gasteiger partial charge in [0, 0.05) is 17.3 Å². The average molecular weight is 301 g/mol. The highest BCUT2D eigenvalue weighted by molar-refractivity contribution is 6.30. The van der Waals surface area contributed by atoms with Gasteiger partial charge in [-0.2, -0.15) is 10.4 Å². The molecule has 1 aromatic carbocycles. The van der Waals surface area contributed by atoms with Crippen molar-refractivity contribution in [3.8, 4) is 6.07 Å². The number of hydrogen-bond donors (Lipinski definition) is 1. The molecule has 0 atom stereocenters. The van der Waals surface area contributed by atoms with Gasteiger partial charge >= 0.3 is 0 Å². The molecule has 0 fully saturated rings. The van der Waals surface area contributed by atoms with Gasteiger partial charge in [-0.1, -0.05) is 23.7 Å². The molecule has 0 saturated heterocycles. The van der Waals surface area contributed by atoms with Crippen LogP contribution in [0.25, 0.3) is 5.57 Å². The van der Waals surface area contributed by atoms with Crippen molar-refractivity contribution < 1.29 is 4.79 Å². The number of nitrogens with one attached hydrogen (secondary N) is 1. The number of nitrogens with zero attached hydrogens (tertiary/aromatic N) is 3. The number of allylic oxidation sites excluding steroid dienone is 1. The van der Waals surface area contributed by atoms with Gasteiger partial charge in [0.1, 0.15) is 6.54 Å². The summed E-state index contributed by atoms with van der Waals surface area (Å²) in [5.41, 5.74) is 2.24. The Labute approximate surface area is 127 Å². The quantitative estimate of drug-likeness (QED) is 0.882. The van der Waals surface area contributed by atoms with Crippen LogP contribution in [0.3, 0.4) is 0 Å². The third-order valence-electron chi connectivity index (χ3n) is 2.76. The maximum absolute atomic E-state index is 11.9. The molecule has 1 heterocycles. The monoisotopic (exact) mass is 300 g/mol. The van der Waals surface area contributed by atoms with Crippen LogP contribution in [0.4, 0.5) is 5.69 Å². The Bertz CT molecular complexity index is 727. The van der Waals surface area contributed by atoms with Crippen LogP contribution in [-0.2, 0) is 11.3 Å². The van der Waals surface area contributed by atoms with Gasteiger partial charge in [-0.15, -0.1) is 0 Å². The molecule has 0 unspecified atom stereocenters. The summed E-state index contributed by atoms with van der Waals surface area (Å²) in [6.07, 6.45) is 4.59. The number of halogens is 1. The standard InChI is InChI=1S/C15H13ClN4O/c1-11(12-3-2-4-13(16)8-12)7-15(21)19-14-9-18-20(10-14)6-5-17/h2-4,7-10H,6H2,1H3,(H,19,21)/b11-7+. The van der Waals surface area contributed by atoms with E-state index in [0.29, 0.717) is 10.7 Å². The largest absolute Gasteiger partial charge is 0.320 e. The van der Waals surface area contributed by atoms with E-state index < -0.39 is 0 Å². The highest BCUT2D eigenvalue weighted by Crippen LogP contribution is 2.18. The van der Waals surface area contributed by atoms with Gasteiger partial charge in [0.15, 0.2) is 0 Å². The lowest BCUT2D eigenvalue weighted by molar-refractivity contribution is -0.111. The second-order valence-electron chi connectivity index (χ2n) is 4.41. The van der Waals surface area contributed by atoms with Gasteiger partial charge in [0.05, 0.1) is 18.0 Å². The lowest BCUT2D eigenvalue weighted by Gasteiger charge is -2.03. The second kappa shape index (κ2) is 6.73. The van der Waals surface area contributed by atoms with Crippen LogP contribution in [0.5, 0.6) is 0 Å². The number of hydrogen-bond acceptors (Lipinski definition) is 3. The summed E-state index contributed by atoms with van der Waals surface area (Å²) >= 11 is 5.92. The molecule has 6 heteroatoms. The SMILES string of the molecule is C/C(=C\C(=O)Nc1cnn(CC#N)c1)c1cccc(Cl)c1. The van der Waals surface area contributed by atoms with Gasteiger partial charge < -0.3 is 5.32 Å². The van der Waals surface area contributed by atoms with E-state index >= 15 is 0 Å². The molecule has 0 aliphatic carbocycles. The number of nitriles is 1. The van der Waals surface area contributed by atoms with Gasteiger partial charge in [-0.3, -0.25) is 9.48 Å².